The van der Waals surface area contributed by atoms with Gasteiger partial charge in [-0.2, -0.15) is 4.98 Å². The van der Waals surface area contributed by atoms with Gasteiger partial charge < -0.3 is 10.2 Å². The van der Waals surface area contributed by atoms with Crippen molar-refractivity contribution >= 4 is 33.4 Å². The maximum atomic E-state index is 4.63. The summed E-state index contributed by atoms with van der Waals surface area (Å²) in [4.78, 5) is 11.4. The van der Waals surface area contributed by atoms with Crippen molar-refractivity contribution < 1.29 is 0 Å². The summed E-state index contributed by atoms with van der Waals surface area (Å²) in [5.41, 5.74) is 2.00. The number of rotatable bonds is 3. The summed E-state index contributed by atoms with van der Waals surface area (Å²) in [5.74, 6) is 1.68. The zero-order chi connectivity index (χ0) is 13.9. The second-order valence-corrected chi connectivity index (χ2v) is 5.94. The lowest BCUT2D eigenvalue weighted by Gasteiger charge is -2.17. The van der Waals surface area contributed by atoms with E-state index in [1.807, 2.05) is 37.3 Å². The molecule has 1 saturated heterocycles. The third-order valence-corrected chi connectivity index (χ3v) is 3.82. The Morgan fingerprint density at radius 3 is 2.70 bits per heavy atom. The zero-order valence-corrected chi connectivity index (χ0v) is 13.0. The van der Waals surface area contributed by atoms with Crippen LogP contribution in [0.15, 0.2) is 34.8 Å². The Balaban J connectivity index is 1.85. The molecule has 0 bridgehead atoms. The van der Waals surface area contributed by atoms with Gasteiger partial charge in [-0.1, -0.05) is 22.0 Å². The number of hydrogen-bond acceptors (Lipinski definition) is 4. The van der Waals surface area contributed by atoms with Crippen molar-refractivity contribution in [1.82, 2.24) is 9.97 Å². The van der Waals surface area contributed by atoms with Gasteiger partial charge in [-0.15, -0.1) is 0 Å². The Hall–Kier alpha value is -1.62. The summed E-state index contributed by atoms with van der Waals surface area (Å²) in [6.07, 6.45) is 2.46. The number of halogens is 1. The molecule has 0 atom stereocenters. The molecule has 1 aliphatic heterocycles. The summed E-state index contributed by atoms with van der Waals surface area (Å²) >= 11 is 3.48. The fourth-order valence-electron chi connectivity index (χ4n) is 2.39. The van der Waals surface area contributed by atoms with E-state index in [0.29, 0.717) is 0 Å². The first-order valence-electron chi connectivity index (χ1n) is 6.84. The minimum Gasteiger partial charge on any atom is -0.341 e. The average Bonchev–Trinajstić information content (AvgIpc) is 2.91. The van der Waals surface area contributed by atoms with Gasteiger partial charge in [0.1, 0.15) is 5.82 Å². The van der Waals surface area contributed by atoms with Gasteiger partial charge in [-0.25, -0.2) is 4.98 Å². The van der Waals surface area contributed by atoms with Crippen LogP contribution in [0.1, 0.15) is 18.5 Å². The summed E-state index contributed by atoms with van der Waals surface area (Å²) < 4.78 is 1.05. The van der Waals surface area contributed by atoms with E-state index in [4.69, 9.17) is 0 Å². The molecule has 0 radical (unpaired) electrons. The highest BCUT2D eigenvalue weighted by molar-refractivity contribution is 9.10. The van der Waals surface area contributed by atoms with Crippen molar-refractivity contribution in [3.63, 3.8) is 0 Å². The number of anilines is 3. The molecule has 20 heavy (non-hydrogen) atoms. The Morgan fingerprint density at radius 2 is 1.95 bits per heavy atom. The number of aromatic nitrogens is 2. The standard InChI is InChI=1S/C15H17BrN4/c1-11-9-14(18-13-6-4-5-12(16)10-13)19-15(17-11)20-7-2-3-8-20/h4-6,9-10H,2-3,7-8H2,1H3,(H,17,18,19). The Labute approximate surface area is 127 Å². The molecule has 3 rings (SSSR count). The molecule has 2 heterocycles. The highest BCUT2D eigenvalue weighted by Gasteiger charge is 2.15. The maximum absolute atomic E-state index is 4.63. The number of hydrogen-bond donors (Lipinski definition) is 1. The summed E-state index contributed by atoms with van der Waals surface area (Å²) in [6.45, 7) is 4.12. The predicted molar refractivity (Wildman–Crippen MR) is 85.6 cm³/mol. The molecule has 1 aliphatic rings. The Bertz CT molecular complexity index is 609. The van der Waals surface area contributed by atoms with E-state index in [1.54, 1.807) is 0 Å². The van der Waals surface area contributed by atoms with Crippen molar-refractivity contribution in [2.75, 3.05) is 23.3 Å². The molecule has 0 spiro atoms. The molecule has 0 saturated carbocycles. The van der Waals surface area contributed by atoms with E-state index >= 15 is 0 Å². The minimum atomic E-state index is 0.833. The minimum absolute atomic E-state index is 0.833. The van der Waals surface area contributed by atoms with Crippen LogP contribution in [-0.4, -0.2) is 23.1 Å². The van der Waals surface area contributed by atoms with E-state index in [9.17, 15) is 0 Å². The third-order valence-electron chi connectivity index (χ3n) is 3.33. The Kier molecular flexibility index (Phi) is 3.87. The van der Waals surface area contributed by atoms with Gasteiger partial charge in [-0.3, -0.25) is 0 Å². The Morgan fingerprint density at radius 1 is 1.15 bits per heavy atom. The molecule has 0 unspecified atom stereocenters. The largest absolute Gasteiger partial charge is 0.341 e. The van der Waals surface area contributed by atoms with Crippen LogP contribution < -0.4 is 10.2 Å². The zero-order valence-electron chi connectivity index (χ0n) is 11.4. The SMILES string of the molecule is Cc1cc(Nc2cccc(Br)c2)nc(N2CCCC2)n1. The first-order valence-corrected chi connectivity index (χ1v) is 7.63. The van der Waals surface area contributed by atoms with Crippen molar-refractivity contribution in [2.24, 2.45) is 0 Å². The van der Waals surface area contributed by atoms with Crippen LogP contribution in [0.4, 0.5) is 17.5 Å². The van der Waals surface area contributed by atoms with Crippen molar-refractivity contribution in [3.05, 3.63) is 40.5 Å². The predicted octanol–water partition coefficient (Wildman–Crippen LogP) is 3.89. The molecule has 5 heteroatoms. The second kappa shape index (κ2) is 5.79. The molecule has 0 aliphatic carbocycles. The lowest BCUT2D eigenvalue weighted by molar-refractivity contribution is 0.891. The number of benzene rings is 1. The molecule has 1 N–H and O–H groups in total. The van der Waals surface area contributed by atoms with Gasteiger partial charge >= 0.3 is 0 Å². The van der Waals surface area contributed by atoms with E-state index in [0.717, 1.165) is 40.7 Å². The maximum Gasteiger partial charge on any atom is 0.227 e. The molecule has 2 aromatic rings. The van der Waals surface area contributed by atoms with Gasteiger partial charge in [0.15, 0.2) is 0 Å². The van der Waals surface area contributed by atoms with Crippen molar-refractivity contribution in [3.8, 4) is 0 Å². The lowest BCUT2D eigenvalue weighted by Crippen LogP contribution is -2.21. The van der Waals surface area contributed by atoms with E-state index in [2.05, 4.69) is 36.1 Å². The van der Waals surface area contributed by atoms with Crippen LogP contribution in [0.5, 0.6) is 0 Å². The molecule has 1 fully saturated rings. The van der Waals surface area contributed by atoms with Crippen LogP contribution in [0.3, 0.4) is 0 Å². The first kappa shape index (κ1) is 13.4. The quantitative estimate of drug-likeness (QED) is 0.925. The first-order chi connectivity index (χ1) is 9.70. The highest BCUT2D eigenvalue weighted by Crippen LogP contribution is 2.22. The third kappa shape index (κ3) is 3.10. The van der Waals surface area contributed by atoms with Crippen molar-refractivity contribution in [2.45, 2.75) is 19.8 Å². The summed E-state index contributed by atoms with van der Waals surface area (Å²) in [7, 11) is 0. The number of nitrogens with zero attached hydrogens (tertiary/aromatic N) is 3. The van der Waals surface area contributed by atoms with E-state index < -0.39 is 0 Å². The molecule has 104 valence electrons. The lowest BCUT2D eigenvalue weighted by atomic mass is 10.3. The summed E-state index contributed by atoms with van der Waals surface area (Å²) in [6, 6.07) is 10.0. The molecule has 1 aromatic heterocycles. The molecule has 1 aromatic carbocycles. The van der Waals surface area contributed by atoms with Crippen LogP contribution in [0.25, 0.3) is 0 Å². The molecule has 4 nitrogen and oxygen atoms in total. The van der Waals surface area contributed by atoms with Crippen LogP contribution >= 0.6 is 15.9 Å². The fraction of sp³-hybridized carbons (Fsp3) is 0.333. The molecular weight excluding hydrogens is 316 g/mol. The van der Waals surface area contributed by atoms with Gasteiger partial charge in [-0.05, 0) is 38.0 Å². The summed E-state index contributed by atoms with van der Waals surface area (Å²) in [5, 5.41) is 3.34. The molecular formula is C15H17BrN4. The topological polar surface area (TPSA) is 41.1 Å². The normalized spacial score (nSPS) is 14.6. The van der Waals surface area contributed by atoms with Crippen LogP contribution in [-0.2, 0) is 0 Å². The second-order valence-electron chi connectivity index (χ2n) is 5.02. The van der Waals surface area contributed by atoms with Gasteiger partial charge in [0.2, 0.25) is 5.95 Å². The smallest absolute Gasteiger partial charge is 0.227 e. The van der Waals surface area contributed by atoms with Crippen LogP contribution in [0.2, 0.25) is 0 Å². The highest BCUT2D eigenvalue weighted by atomic mass is 79.9. The van der Waals surface area contributed by atoms with Gasteiger partial charge in [0.25, 0.3) is 0 Å². The molecule has 0 amide bonds. The average molecular weight is 333 g/mol. The van der Waals surface area contributed by atoms with Crippen LogP contribution in [0, 0.1) is 6.92 Å². The van der Waals surface area contributed by atoms with Gasteiger partial charge in [0, 0.05) is 35.0 Å². The fourth-order valence-corrected chi connectivity index (χ4v) is 2.79. The van der Waals surface area contributed by atoms with E-state index in [-0.39, 0.29) is 0 Å². The number of nitrogens with one attached hydrogen (secondary N) is 1. The van der Waals surface area contributed by atoms with E-state index in [1.165, 1.54) is 12.8 Å². The monoisotopic (exact) mass is 332 g/mol. The number of aryl methyl sites for hydroxylation is 1. The van der Waals surface area contributed by atoms with Gasteiger partial charge in [0.05, 0.1) is 0 Å². The van der Waals surface area contributed by atoms with Crippen molar-refractivity contribution in [1.29, 1.82) is 0 Å².